The first-order valence-electron chi connectivity index (χ1n) is 5.39. The van der Waals surface area contributed by atoms with Gasteiger partial charge >= 0.3 is 0 Å². The number of nitrogens with zero attached hydrogens (tertiary/aromatic N) is 2. The number of pyridine rings is 1. The van der Waals surface area contributed by atoms with E-state index in [1.807, 2.05) is 0 Å². The molecule has 6 heteroatoms. The minimum absolute atomic E-state index is 0.102. The van der Waals surface area contributed by atoms with Crippen LogP contribution in [0.3, 0.4) is 0 Å². The number of phenols is 1. The summed E-state index contributed by atoms with van der Waals surface area (Å²) in [5, 5.41) is 13.3. The lowest BCUT2D eigenvalue weighted by Gasteiger charge is -2.00. The van der Waals surface area contributed by atoms with Crippen molar-refractivity contribution in [2.24, 2.45) is 5.10 Å². The molecule has 2 rings (SSSR count). The fourth-order valence-electron chi connectivity index (χ4n) is 1.36. The zero-order valence-electron chi connectivity index (χ0n) is 9.75. The molecule has 1 heterocycles. The summed E-state index contributed by atoms with van der Waals surface area (Å²) in [5.74, 6) is -0.273. The molecular formula is C13H10BrN3O2. The molecule has 19 heavy (non-hydrogen) atoms. The van der Waals surface area contributed by atoms with E-state index in [2.05, 4.69) is 31.4 Å². The number of phenolic OH excluding ortho intramolecular Hbond substituents is 1. The zero-order valence-corrected chi connectivity index (χ0v) is 11.3. The summed E-state index contributed by atoms with van der Waals surface area (Å²) in [4.78, 5) is 15.6. The van der Waals surface area contributed by atoms with Crippen LogP contribution in [0.5, 0.6) is 5.75 Å². The number of carbonyl (C=O) groups excluding carboxylic acids is 1. The predicted molar refractivity (Wildman–Crippen MR) is 75.1 cm³/mol. The van der Waals surface area contributed by atoms with Gasteiger partial charge in [0.25, 0.3) is 5.91 Å². The molecule has 0 aliphatic carbocycles. The van der Waals surface area contributed by atoms with E-state index in [0.29, 0.717) is 15.6 Å². The van der Waals surface area contributed by atoms with E-state index in [0.717, 1.165) is 0 Å². The Balaban J connectivity index is 2.03. The molecule has 0 saturated carbocycles. The second-order valence-electron chi connectivity index (χ2n) is 3.65. The molecule has 2 aromatic rings. The molecule has 0 radical (unpaired) electrons. The molecule has 0 saturated heterocycles. The molecule has 0 fully saturated rings. The van der Waals surface area contributed by atoms with Crippen LogP contribution in [0.25, 0.3) is 0 Å². The molecule has 2 N–H and O–H groups in total. The highest BCUT2D eigenvalue weighted by Gasteiger charge is 2.04. The van der Waals surface area contributed by atoms with Crippen molar-refractivity contribution in [1.29, 1.82) is 0 Å². The van der Waals surface area contributed by atoms with Crippen LogP contribution in [-0.2, 0) is 0 Å². The van der Waals surface area contributed by atoms with Gasteiger partial charge in [-0.2, -0.15) is 5.10 Å². The molecule has 0 bridgehead atoms. The predicted octanol–water partition coefficient (Wildman–Crippen LogP) is 2.31. The van der Waals surface area contributed by atoms with Crippen molar-refractivity contribution >= 4 is 28.1 Å². The first kappa shape index (κ1) is 13.2. The fourth-order valence-corrected chi connectivity index (χ4v) is 1.72. The van der Waals surface area contributed by atoms with Gasteiger partial charge in [-0.3, -0.25) is 9.78 Å². The highest BCUT2D eigenvalue weighted by molar-refractivity contribution is 9.10. The first-order valence-corrected chi connectivity index (χ1v) is 6.18. The van der Waals surface area contributed by atoms with Gasteiger partial charge < -0.3 is 5.11 Å². The van der Waals surface area contributed by atoms with E-state index in [9.17, 15) is 9.90 Å². The van der Waals surface area contributed by atoms with Gasteiger partial charge in [0.2, 0.25) is 0 Å². The maximum atomic E-state index is 11.7. The molecule has 0 spiro atoms. The van der Waals surface area contributed by atoms with Crippen molar-refractivity contribution in [1.82, 2.24) is 10.4 Å². The number of amides is 1. The maximum Gasteiger partial charge on any atom is 0.272 e. The number of hydrogen-bond donors (Lipinski definition) is 2. The molecule has 0 unspecified atom stereocenters. The molecule has 5 nitrogen and oxygen atoms in total. The number of rotatable bonds is 3. The van der Waals surface area contributed by atoms with E-state index < -0.39 is 0 Å². The van der Waals surface area contributed by atoms with Crippen LogP contribution in [0, 0.1) is 0 Å². The molecule has 0 atom stereocenters. The summed E-state index contributed by atoms with van der Waals surface area (Å²) in [6.07, 6.45) is 4.40. The highest BCUT2D eigenvalue weighted by atomic mass is 79.9. The standard InChI is InChI=1S/C13H10BrN3O2/c14-11-5-10(6-15-8-11)13(19)17-16-7-9-3-1-2-4-12(9)18/h1-8,18H,(H,17,19)/b16-7-. The summed E-state index contributed by atoms with van der Waals surface area (Å²) in [5.41, 5.74) is 3.28. The topological polar surface area (TPSA) is 74.6 Å². The number of halogens is 1. The number of nitrogens with one attached hydrogen (secondary N) is 1. The monoisotopic (exact) mass is 319 g/mol. The van der Waals surface area contributed by atoms with E-state index in [1.165, 1.54) is 12.4 Å². The van der Waals surface area contributed by atoms with Crippen molar-refractivity contribution < 1.29 is 9.90 Å². The molecule has 1 aromatic carbocycles. The van der Waals surface area contributed by atoms with Gasteiger partial charge in [0.05, 0.1) is 11.8 Å². The van der Waals surface area contributed by atoms with Crippen LogP contribution >= 0.6 is 15.9 Å². The van der Waals surface area contributed by atoms with Gasteiger partial charge in [0.1, 0.15) is 5.75 Å². The Kier molecular flexibility index (Phi) is 4.25. The number of para-hydroxylation sites is 1. The lowest BCUT2D eigenvalue weighted by atomic mass is 10.2. The Morgan fingerprint density at radius 2 is 2.16 bits per heavy atom. The summed E-state index contributed by atoms with van der Waals surface area (Å²) < 4.78 is 0.713. The normalized spacial score (nSPS) is 10.6. The van der Waals surface area contributed by atoms with Crippen LogP contribution in [0.2, 0.25) is 0 Å². The number of hydrogen-bond acceptors (Lipinski definition) is 4. The van der Waals surface area contributed by atoms with Gasteiger partial charge in [-0.25, -0.2) is 5.43 Å². The average Bonchev–Trinajstić information content (AvgIpc) is 2.41. The van der Waals surface area contributed by atoms with Crippen molar-refractivity contribution in [3.8, 4) is 5.75 Å². The number of hydrazone groups is 1. The fraction of sp³-hybridized carbons (Fsp3) is 0. The summed E-state index contributed by atoms with van der Waals surface area (Å²) in [6.45, 7) is 0. The summed E-state index contributed by atoms with van der Waals surface area (Å²) >= 11 is 3.23. The minimum atomic E-state index is -0.375. The first-order chi connectivity index (χ1) is 9.16. The van der Waals surface area contributed by atoms with Crippen LogP contribution in [0.4, 0.5) is 0 Å². The Hall–Kier alpha value is -2.21. The number of carbonyl (C=O) groups is 1. The second kappa shape index (κ2) is 6.10. The second-order valence-corrected chi connectivity index (χ2v) is 4.57. The van der Waals surface area contributed by atoms with Crippen LogP contribution < -0.4 is 5.43 Å². The van der Waals surface area contributed by atoms with Crippen LogP contribution in [-0.4, -0.2) is 22.2 Å². The zero-order chi connectivity index (χ0) is 13.7. The van der Waals surface area contributed by atoms with Crippen molar-refractivity contribution in [2.75, 3.05) is 0 Å². The van der Waals surface area contributed by atoms with Crippen LogP contribution in [0.1, 0.15) is 15.9 Å². The minimum Gasteiger partial charge on any atom is -0.507 e. The Labute approximate surface area is 118 Å². The van der Waals surface area contributed by atoms with E-state index in [4.69, 9.17) is 0 Å². The molecule has 0 aliphatic heterocycles. The maximum absolute atomic E-state index is 11.7. The Morgan fingerprint density at radius 1 is 1.37 bits per heavy atom. The van der Waals surface area contributed by atoms with E-state index >= 15 is 0 Å². The third-order valence-electron chi connectivity index (χ3n) is 2.27. The number of aromatic hydroxyl groups is 1. The van der Waals surface area contributed by atoms with Crippen molar-refractivity contribution in [3.63, 3.8) is 0 Å². The Bertz CT molecular complexity index is 629. The largest absolute Gasteiger partial charge is 0.507 e. The third kappa shape index (κ3) is 3.62. The van der Waals surface area contributed by atoms with Gasteiger partial charge in [0.15, 0.2) is 0 Å². The summed E-state index contributed by atoms with van der Waals surface area (Å²) in [7, 11) is 0. The molecule has 0 aliphatic rings. The van der Waals surface area contributed by atoms with Gasteiger partial charge in [-0.15, -0.1) is 0 Å². The van der Waals surface area contributed by atoms with Gasteiger partial charge in [0, 0.05) is 22.4 Å². The molecule has 1 aromatic heterocycles. The van der Waals surface area contributed by atoms with Crippen molar-refractivity contribution in [3.05, 3.63) is 58.3 Å². The summed E-state index contributed by atoms with van der Waals surface area (Å²) in [6, 6.07) is 8.34. The smallest absolute Gasteiger partial charge is 0.272 e. The van der Waals surface area contributed by atoms with E-state index in [1.54, 1.807) is 36.5 Å². The van der Waals surface area contributed by atoms with Crippen molar-refractivity contribution in [2.45, 2.75) is 0 Å². The SMILES string of the molecule is O=C(N/N=C\c1ccccc1O)c1cncc(Br)c1. The number of benzene rings is 1. The molecular weight excluding hydrogens is 310 g/mol. The number of aromatic nitrogens is 1. The third-order valence-corrected chi connectivity index (χ3v) is 2.71. The Morgan fingerprint density at radius 3 is 2.89 bits per heavy atom. The molecule has 1 amide bonds. The highest BCUT2D eigenvalue weighted by Crippen LogP contribution is 2.12. The quantitative estimate of drug-likeness (QED) is 0.673. The van der Waals surface area contributed by atoms with Gasteiger partial charge in [-0.1, -0.05) is 12.1 Å². The lowest BCUT2D eigenvalue weighted by molar-refractivity contribution is 0.0954. The van der Waals surface area contributed by atoms with Gasteiger partial charge in [-0.05, 0) is 34.1 Å². The lowest BCUT2D eigenvalue weighted by Crippen LogP contribution is -2.17. The van der Waals surface area contributed by atoms with Crippen LogP contribution in [0.15, 0.2) is 52.3 Å². The van der Waals surface area contributed by atoms with E-state index in [-0.39, 0.29) is 11.7 Å². The molecule has 96 valence electrons. The average molecular weight is 320 g/mol.